The zero-order chi connectivity index (χ0) is 26.0. The maximum atomic E-state index is 11.1. The van der Waals surface area contributed by atoms with E-state index in [9.17, 15) is 40.5 Å². The summed E-state index contributed by atoms with van der Waals surface area (Å²) in [6.45, 7) is -1.04. The van der Waals surface area contributed by atoms with Crippen molar-refractivity contribution < 1.29 is 64.2 Å². The topological polar surface area (TPSA) is 205 Å². The summed E-state index contributed by atoms with van der Waals surface area (Å²) >= 11 is 0. The Morgan fingerprint density at radius 2 is 1.29 bits per heavy atom. The minimum absolute atomic E-state index is 0.218. The molecule has 0 aromatic rings. The SMILES string of the molecule is COC(=O)CCCCCCCCO[C@H]1O[C@H](CO)[C@H](O)[C@H](O[C@@H]2O[C@H](CO)[C@H](O)[C@H](O)[C@H]2O)[C@H]1O. The molecule has 0 saturated carbocycles. The van der Waals surface area contributed by atoms with Crippen LogP contribution in [0.25, 0.3) is 0 Å². The molecule has 35 heavy (non-hydrogen) atoms. The second kappa shape index (κ2) is 15.3. The van der Waals surface area contributed by atoms with Gasteiger partial charge >= 0.3 is 5.97 Å². The third-order valence-electron chi connectivity index (χ3n) is 6.25. The highest BCUT2D eigenvalue weighted by atomic mass is 16.7. The Bertz CT molecular complexity index is 606. The van der Waals surface area contributed by atoms with Crippen molar-refractivity contribution in [1.82, 2.24) is 0 Å². The minimum atomic E-state index is -1.73. The molecular weight excluding hydrogens is 472 g/mol. The molecule has 10 atom stereocenters. The maximum Gasteiger partial charge on any atom is 0.305 e. The Morgan fingerprint density at radius 1 is 0.714 bits per heavy atom. The third-order valence-corrected chi connectivity index (χ3v) is 6.25. The van der Waals surface area contributed by atoms with Crippen molar-refractivity contribution in [1.29, 1.82) is 0 Å². The van der Waals surface area contributed by atoms with Gasteiger partial charge in [0.05, 0.1) is 20.3 Å². The summed E-state index contributed by atoms with van der Waals surface area (Å²) in [7, 11) is 1.36. The van der Waals surface area contributed by atoms with Crippen molar-refractivity contribution in [3.05, 3.63) is 0 Å². The van der Waals surface area contributed by atoms with Crippen LogP contribution in [0.4, 0.5) is 0 Å². The second-order valence-corrected chi connectivity index (χ2v) is 8.82. The molecular formula is C22H40O13. The normalized spacial score (nSPS) is 37.8. The van der Waals surface area contributed by atoms with Crippen molar-refractivity contribution >= 4 is 5.97 Å². The number of rotatable bonds is 14. The van der Waals surface area contributed by atoms with Gasteiger partial charge in [0.2, 0.25) is 0 Å². The first-order chi connectivity index (χ1) is 16.7. The summed E-state index contributed by atoms with van der Waals surface area (Å²) in [6.07, 6.45) is -9.24. The molecule has 0 unspecified atom stereocenters. The molecule has 13 heteroatoms. The van der Waals surface area contributed by atoms with E-state index in [0.717, 1.165) is 32.1 Å². The zero-order valence-electron chi connectivity index (χ0n) is 19.9. The van der Waals surface area contributed by atoms with E-state index in [1.807, 2.05) is 0 Å². The molecule has 2 fully saturated rings. The first kappa shape index (κ1) is 30.3. The molecule has 206 valence electrons. The number of unbranched alkanes of at least 4 members (excludes halogenated alkanes) is 5. The fourth-order valence-corrected chi connectivity index (χ4v) is 4.07. The van der Waals surface area contributed by atoms with Crippen LogP contribution in [-0.2, 0) is 28.5 Å². The molecule has 0 radical (unpaired) electrons. The van der Waals surface area contributed by atoms with Crippen molar-refractivity contribution in [2.45, 2.75) is 106 Å². The average Bonchev–Trinajstić information content (AvgIpc) is 2.86. The van der Waals surface area contributed by atoms with Gasteiger partial charge in [-0.1, -0.05) is 25.7 Å². The van der Waals surface area contributed by atoms with Gasteiger partial charge in [-0.2, -0.15) is 0 Å². The molecule has 2 rings (SSSR count). The predicted octanol–water partition coefficient (Wildman–Crippen LogP) is -2.47. The summed E-state index contributed by atoms with van der Waals surface area (Å²) in [4.78, 5) is 11.1. The lowest BCUT2D eigenvalue weighted by Gasteiger charge is -2.45. The molecule has 13 nitrogen and oxygen atoms in total. The lowest BCUT2D eigenvalue weighted by atomic mass is 9.97. The van der Waals surface area contributed by atoms with E-state index < -0.39 is 74.6 Å². The number of hydrogen-bond donors (Lipinski definition) is 7. The number of ether oxygens (including phenoxy) is 5. The fraction of sp³-hybridized carbons (Fsp3) is 0.955. The molecule has 0 aliphatic carbocycles. The second-order valence-electron chi connectivity index (χ2n) is 8.82. The number of methoxy groups -OCH3 is 1. The number of hydrogen-bond acceptors (Lipinski definition) is 13. The van der Waals surface area contributed by atoms with Crippen molar-refractivity contribution in [3.8, 4) is 0 Å². The van der Waals surface area contributed by atoms with E-state index in [4.69, 9.17) is 18.9 Å². The summed E-state index contributed by atoms with van der Waals surface area (Å²) < 4.78 is 26.5. The maximum absolute atomic E-state index is 11.1. The van der Waals surface area contributed by atoms with Crippen LogP contribution in [0, 0.1) is 0 Å². The van der Waals surface area contributed by atoms with E-state index in [2.05, 4.69) is 4.74 Å². The van der Waals surface area contributed by atoms with Gasteiger partial charge in [0.25, 0.3) is 0 Å². The molecule has 0 aromatic carbocycles. The van der Waals surface area contributed by atoms with Crippen LogP contribution >= 0.6 is 0 Å². The minimum Gasteiger partial charge on any atom is -0.469 e. The largest absolute Gasteiger partial charge is 0.469 e. The highest BCUT2D eigenvalue weighted by Gasteiger charge is 2.50. The number of carbonyl (C=O) groups is 1. The number of aliphatic hydroxyl groups excluding tert-OH is 7. The molecule has 0 amide bonds. The van der Waals surface area contributed by atoms with Gasteiger partial charge in [-0.3, -0.25) is 4.79 Å². The van der Waals surface area contributed by atoms with E-state index in [1.165, 1.54) is 7.11 Å². The predicted molar refractivity (Wildman–Crippen MR) is 117 cm³/mol. The van der Waals surface area contributed by atoms with Crippen LogP contribution in [0.3, 0.4) is 0 Å². The zero-order valence-corrected chi connectivity index (χ0v) is 19.9. The van der Waals surface area contributed by atoms with Crippen LogP contribution in [0.2, 0.25) is 0 Å². The highest BCUT2D eigenvalue weighted by molar-refractivity contribution is 5.68. The molecule has 0 spiro atoms. The quantitative estimate of drug-likeness (QED) is 0.0953. The van der Waals surface area contributed by atoms with Crippen molar-refractivity contribution in [3.63, 3.8) is 0 Å². The molecule has 2 saturated heterocycles. The van der Waals surface area contributed by atoms with Gasteiger partial charge in [0.15, 0.2) is 12.6 Å². The highest BCUT2D eigenvalue weighted by Crippen LogP contribution is 2.29. The Kier molecular flexibility index (Phi) is 13.2. The van der Waals surface area contributed by atoms with Crippen LogP contribution in [0.1, 0.15) is 44.9 Å². The van der Waals surface area contributed by atoms with Crippen molar-refractivity contribution in [2.75, 3.05) is 26.9 Å². The summed E-state index contributed by atoms with van der Waals surface area (Å²) in [5.74, 6) is -0.218. The van der Waals surface area contributed by atoms with E-state index in [-0.39, 0.29) is 12.6 Å². The van der Waals surface area contributed by atoms with Gasteiger partial charge in [0.1, 0.15) is 48.8 Å². The van der Waals surface area contributed by atoms with E-state index >= 15 is 0 Å². The number of carbonyl (C=O) groups excluding carboxylic acids is 1. The lowest BCUT2D eigenvalue weighted by molar-refractivity contribution is -0.360. The molecule has 2 aliphatic rings. The monoisotopic (exact) mass is 512 g/mol. The van der Waals surface area contributed by atoms with Gasteiger partial charge in [-0.25, -0.2) is 0 Å². The van der Waals surface area contributed by atoms with Gasteiger partial charge in [0, 0.05) is 13.0 Å². The summed E-state index contributed by atoms with van der Waals surface area (Å²) in [6, 6.07) is 0. The first-order valence-corrected chi connectivity index (χ1v) is 12.0. The standard InChI is InChI=1S/C22H40O13/c1-31-14(25)8-6-4-2-3-5-7-9-32-21-19(30)20(16(27)13(11-24)33-21)35-22-18(29)17(28)15(26)12(10-23)34-22/h12-13,15-24,26-30H,2-11H2,1H3/t12-,13-,15+,16+,17+,18-,19-,20+,21+,22+/m1/s1. The molecule has 7 N–H and O–H groups in total. The number of aliphatic hydroxyl groups is 7. The summed E-state index contributed by atoms with van der Waals surface area (Å²) in [5.41, 5.74) is 0. The Hall–Kier alpha value is -0.970. The summed E-state index contributed by atoms with van der Waals surface area (Å²) in [5, 5.41) is 70.1. The fourth-order valence-electron chi connectivity index (χ4n) is 4.07. The van der Waals surface area contributed by atoms with Gasteiger partial charge < -0.3 is 59.4 Å². The van der Waals surface area contributed by atoms with Gasteiger partial charge in [-0.05, 0) is 12.8 Å². The Labute approximate surface area is 204 Å². The first-order valence-electron chi connectivity index (χ1n) is 12.0. The Balaban J connectivity index is 1.82. The van der Waals surface area contributed by atoms with E-state index in [0.29, 0.717) is 12.8 Å². The van der Waals surface area contributed by atoms with Crippen LogP contribution in [0.15, 0.2) is 0 Å². The average molecular weight is 513 g/mol. The molecule has 2 heterocycles. The smallest absolute Gasteiger partial charge is 0.305 e. The van der Waals surface area contributed by atoms with Crippen LogP contribution in [0.5, 0.6) is 0 Å². The van der Waals surface area contributed by atoms with Crippen LogP contribution < -0.4 is 0 Å². The van der Waals surface area contributed by atoms with Crippen molar-refractivity contribution in [2.24, 2.45) is 0 Å². The van der Waals surface area contributed by atoms with Crippen LogP contribution in [-0.4, -0.2) is 130 Å². The molecule has 0 bridgehead atoms. The van der Waals surface area contributed by atoms with E-state index in [1.54, 1.807) is 0 Å². The Morgan fingerprint density at radius 3 is 1.91 bits per heavy atom. The molecule has 0 aromatic heterocycles. The number of esters is 1. The third kappa shape index (κ3) is 8.54. The molecule has 2 aliphatic heterocycles. The lowest BCUT2D eigenvalue weighted by Crippen LogP contribution is -2.64. The van der Waals surface area contributed by atoms with Gasteiger partial charge in [-0.15, -0.1) is 0 Å².